The highest BCUT2D eigenvalue weighted by Crippen LogP contribution is 2.24. The Kier molecular flexibility index (Phi) is 22.4. The molecule has 0 amide bonds. The summed E-state index contributed by atoms with van der Waals surface area (Å²) in [4.78, 5) is 63.8. The van der Waals surface area contributed by atoms with Crippen molar-refractivity contribution in [3.8, 4) is 5.75 Å². The molecule has 0 radical (unpaired) electrons. The lowest BCUT2D eigenvalue weighted by Crippen LogP contribution is -2.09. The molecule has 1 N–H and O–H groups in total. The van der Waals surface area contributed by atoms with Crippen LogP contribution in [0.2, 0.25) is 0 Å². The summed E-state index contributed by atoms with van der Waals surface area (Å²) in [6, 6.07) is 15.4. The molecule has 2 unspecified atom stereocenters. The second-order valence-corrected chi connectivity index (χ2v) is 10.1. The number of benzene rings is 2. The van der Waals surface area contributed by atoms with Crippen LogP contribution < -0.4 is 0 Å². The van der Waals surface area contributed by atoms with E-state index in [2.05, 4.69) is 58.1 Å². The van der Waals surface area contributed by atoms with Crippen LogP contribution in [0, 0.1) is 20.8 Å². The summed E-state index contributed by atoms with van der Waals surface area (Å²) in [5.74, 6) is 0.128. The molecule has 3 aromatic rings. The molecule has 1 aromatic heterocycles. The number of hydrogen-bond acceptors (Lipinski definition) is 10. The lowest BCUT2D eigenvalue weighted by atomic mass is 10.1. The number of aryl methyl sites for hydroxylation is 5. The summed E-state index contributed by atoms with van der Waals surface area (Å²) < 4.78 is 0. The Hall–Kier alpha value is -5.13. The van der Waals surface area contributed by atoms with Crippen molar-refractivity contribution in [3.05, 3.63) is 93.8 Å². The third-order valence-corrected chi connectivity index (χ3v) is 6.51. The predicted molar refractivity (Wildman–Crippen MR) is 178 cm³/mol. The van der Waals surface area contributed by atoms with Gasteiger partial charge >= 0.3 is 0 Å². The van der Waals surface area contributed by atoms with E-state index in [1.807, 2.05) is 38.1 Å². The first kappa shape index (κ1) is 40.9. The van der Waals surface area contributed by atoms with Crippen molar-refractivity contribution >= 4 is 30.8 Å². The van der Waals surface area contributed by atoms with E-state index in [9.17, 15) is 29.1 Å². The standard InChI is InChI=1S/C11H11NO2.C10H12N2O2.C10H14.C5H7NO2/c1-9-2-4-10(5-3-9)6-11(7-13)12-8-14;1-3-8-4-12-7(2)10(14)9(8)5-11-6-13;1-3-4-10-7-5-9(2)6-8-10;1-2-5(3-7)6-4-8/h2-5,7,11H,6H2,1H3;4,14H,3,5H2,1-2H3;5-8H,3-4H2,1-2H3;3,5H,2H2,1H3. The predicted octanol–water partition coefficient (Wildman–Crippen LogP) is 6.18. The van der Waals surface area contributed by atoms with Gasteiger partial charge in [-0.3, -0.25) is 4.98 Å². The van der Waals surface area contributed by atoms with Gasteiger partial charge in [0.15, 0.2) is 0 Å². The Morgan fingerprint density at radius 2 is 1.30 bits per heavy atom. The second kappa shape index (κ2) is 25.2. The first-order valence-corrected chi connectivity index (χ1v) is 15.0. The zero-order valence-corrected chi connectivity index (χ0v) is 27.5. The number of aromatic nitrogens is 1. The molecule has 3 rings (SSSR count). The maximum atomic E-state index is 10.5. The number of carbonyl (C=O) groups is 2. The summed E-state index contributed by atoms with van der Waals surface area (Å²) >= 11 is 0. The van der Waals surface area contributed by atoms with Crippen LogP contribution in [-0.2, 0) is 49.8 Å². The maximum Gasteiger partial charge on any atom is 0.235 e. The summed E-state index contributed by atoms with van der Waals surface area (Å²) in [6.45, 7) is 11.9. The van der Waals surface area contributed by atoms with E-state index in [1.165, 1.54) is 42.2 Å². The average molecular weight is 629 g/mol. The average Bonchev–Trinajstić information content (AvgIpc) is 3.07. The SMILES string of the molecule is CCC(C=O)N=C=O.CCCc1ccc(C)cc1.CCc1cnc(C)c(O)c1CN=C=O.Cc1ccc(CC(C=O)N=C=O)cc1. The number of isocyanates is 3. The van der Waals surface area contributed by atoms with Gasteiger partial charge in [0.25, 0.3) is 0 Å². The summed E-state index contributed by atoms with van der Waals surface area (Å²) in [5, 5.41) is 9.68. The van der Waals surface area contributed by atoms with Crippen molar-refractivity contribution < 1.29 is 29.1 Å². The molecule has 2 aromatic carbocycles. The number of carbonyl (C=O) groups excluding carboxylic acids is 5. The van der Waals surface area contributed by atoms with Crippen molar-refractivity contribution in [2.24, 2.45) is 15.0 Å². The molecule has 0 bridgehead atoms. The third kappa shape index (κ3) is 17.2. The Morgan fingerprint density at radius 3 is 1.72 bits per heavy atom. The van der Waals surface area contributed by atoms with Gasteiger partial charge in [-0.05, 0) is 56.7 Å². The van der Waals surface area contributed by atoms with Gasteiger partial charge in [0, 0.05) is 18.2 Å². The fraction of sp³-hybridized carbons (Fsp3) is 0.389. The van der Waals surface area contributed by atoms with Crippen molar-refractivity contribution in [2.45, 2.75) is 92.3 Å². The van der Waals surface area contributed by atoms with E-state index in [0.29, 0.717) is 36.7 Å². The molecule has 1 heterocycles. The monoisotopic (exact) mass is 628 g/mol. The van der Waals surface area contributed by atoms with Gasteiger partial charge in [-0.1, -0.05) is 86.8 Å². The minimum atomic E-state index is -0.602. The van der Waals surface area contributed by atoms with Gasteiger partial charge in [-0.25, -0.2) is 19.4 Å². The molecule has 0 saturated carbocycles. The fourth-order valence-electron chi connectivity index (χ4n) is 3.76. The van der Waals surface area contributed by atoms with E-state index in [4.69, 9.17) is 0 Å². The first-order chi connectivity index (χ1) is 22.1. The number of rotatable bonds is 12. The highest BCUT2D eigenvalue weighted by molar-refractivity contribution is 5.61. The van der Waals surface area contributed by atoms with Crippen LogP contribution in [0.4, 0.5) is 0 Å². The molecule has 10 heteroatoms. The number of aliphatic imine (C=N–C) groups is 3. The van der Waals surface area contributed by atoms with Crippen LogP contribution in [0.25, 0.3) is 0 Å². The smallest absolute Gasteiger partial charge is 0.235 e. The zero-order valence-electron chi connectivity index (χ0n) is 27.5. The van der Waals surface area contributed by atoms with Crippen LogP contribution in [-0.4, -0.2) is 53.0 Å². The summed E-state index contributed by atoms with van der Waals surface area (Å²) in [5.41, 5.74) is 7.09. The van der Waals surface area contributed by atoms with Gasteiger partial charge in [-0.2, -0.15) is 9.98 Å². The normalized spacial score (nSPS) is 10.6. The van der Waals surface area contributed by atoms with Gasteiger partial charge in [0.05, 0.1) is 12.2 Å². The van der Waals surface area contributed by atoms with E-state index in [0.717, 1.165) is 23.1 Å². The largest absolute Gasteiger partial charge is 0.506 e. The highest BCUT2D eigenvalue weighted by Gasteiger charge is 2.09. The molecule has 0 aliphatic heterocycles. The van der Waals surface area contributed by atoms with Gasteiger partial charge in [0.1, 0.15) is 30.4 Å². The van der Waals surface area contributed by atoms with E-state index >= 15 is 0 Å². The summed E-state index contributed by atoms with van der Waals surface area (Å²) in [6.07, 6.45) is 11.4. The minimum absolute atomic E-state index is 0.128. The summed E-state index contributed by atoms with van der Waals surface area (Å²) in [7, 11) is 0. The Morgan fingerprint density at radius 1 is 0.783 bits per heavy atom. The molecule has 2 atom stereocenters. The molecule has 0 fully saturated rings. The van der Waals surface area contributed by atoms with Crippen LogP contribution >= 0.6 is 0 Å². The van der Waals surface area contributed by atoms with Gasteiger partial charge in [-0.15, -0.1) is 0 Å². The lowest BCUT2D eigenvalue weighted by molar-refractivity contribution is -0.109. The number of hydrogen-bond donors (Lipinski definition) is 1. The maximum absolute atomic E-state index is 10.5. The molecule has 10 nitrogen and oxygen atoms in total. The highest BCUT2D eigenvalue weighted by atomic mass is 16.3. The number of pyridine rings is 1. The number of aldehydes is 2. The van der Waals surface area contributed by atoms with E-state index in [-0.39, 0.29) is 12.3 Å². The first-order valence-electron chi connectivity index (χ1n) is 15.0. The van der Waals surface area contributed by atoms with Crippen molar-refractivity contribution in [1.29, 1.82) is 0 Å². The molecule has 0 aliphatic carbocycles. The molecule has 0 spiro atoms. The topological polar surface area (TPSA) is 156 Å². The van der Waals surface area contributed by atoms with Crippen molar-refractivity contribution in [1.82, 2.24) is 4.98 Å². The molecular weight excluding hydrogens is 584 g/mol. The molecule has 244 valence electrons. The Labute approximate surface area is 271 Å². The second-order valence-electron chi connectivity index (χ2n) is 10.1. The van der Waals surface area contributed by atoms with Crippen molar-refractivity contribution in [3.63, 3.8) is 0 Å². The molecular formula is C36H44N4O6. The molecule has 46 heavy (non-hydrogen) atoms. The van der Waals surface area contributed by atoms with Gasteiger partial charge < -0.3 is 14.7 Å². The van der Waals surface area contributed by atoms with E-state index < -0.39 is 12.1 Å². The Bertz CT molecular complexity index is 1470. The number of aromatic hydroxyl groups is 1. The number of nitrogens with zero attached hydrogens (tertiary/aromatic N) is 4. The van der Waals surface area contributed by atoms with Crippen LogP contribution in [0.3, 0.4) is 0 Å². The van der Waals surface area contributed by atoms with Gasteiger partial charge in [0.2, 0.25) is 18.2 Å². The minimum Gasteiger partial charge on any atom is -0.506 e. The fourth-order valence-corrected chi connectivity index (χ4v) is 3.76. The molecule has 0 saturated heterocycles. The van der Waals surface area contributed by atoms with E-state index in [1.54, 1.807) is 20.0 Å². The zero-order chi connectivity index (χ0) is 34.7. The van der Waals surface area contributed by atoms with Crippen molar-refractivity contribution in [2.75, 3.05) is 0 Å². The quantitative estimate of drug-likeness (QED) is 0.143. The Balaban J connectivity index is 0.000000602. The lowest BCUT2D eigenvalue weighted by Gasteiger charge is -2.08. The van der Waals surface area contributed by atoms with Crippen LogP contribution in [0.15, 0.2) is 69.7 Å². The van der Waals surface area contributed by atoms with Crippen LogP contribution in [0.5, 0.6) is 5.75 Å². The van der Waals surface area contributed by atoms with Crippen LogP contribution in [0.1, 0.15) is 72.7 Å². The molecule has 0 aliphatic rings. The third-order valence-electron chi connectivity index (χ3n) is 6.51.